The van der Waals surface area contributed by atoms with E-state index < -0.39 is 17.8 Å². The molecule has 5 rings (SSSR count). The van der Waals surface area contributed by atoms with Gasteiger partial charge in [-0.1, -0.05) is 17.7 Å². The number of hydrogen-bond donors (Lipinski definition) is 3. The molecule has 2 aliphatic rings. The van der Waals surface area contributed by atoms with Gasteiger partial charge in [-0.25, -0.2) is 14.4 Å². The first kappa shape index (κ1) is 28.2. The highest BCUT2D eigenvalue weighted by Crippen LogP contribution is 2.34. The Balaban J connectivity index is 0.00000336. The lowest BCUT2D eigenvalue weighted by Crippen LogP contribution is -2.42. The van der Waals surface area contributed by atoms with Crippen LogP contribution in [0.2, 0.25) is 5.02 Å². The smallest absolute Gasteiger partial charge is 0.254 e. The van der Waals surface area contributed by atoms with Crippen LogP contribution in [-0.4, -0.2) is 57.7 Å². The van der Waals surface area contributed by atoms with E-state index in [2.05, 4.69) is 25.5 Å². The lowest BCUT2D eigenvalue weighted by molar-refractivity contribution is 0.0838. The molecule has 0 unspecified atom stereocenters. The molecule has 0 radical (unpaired) electrons. The fourth-order valence-corrected chi connectivity index (χ4v) is 4.83. The molecule has 0 spiro atoms. The van der Waals surface area contributed by atoms with E-state index in [1.807, 2.05) is 12.1 Å². The van der Waals surface area contributed by atoms with Crippen molar-refractivity contribution in [1.82, 2.24) is 20.2 Å². The van der Waals surface area contributed by atoms with Crippen LogP contribution >= 0.6 is 25.1 Å². The van der Waals surface area contributed by atoms with Crippen molar-refractivity contribution in [2.45, 2.75) is 51.0 Å². The minimum absolute atomic E-state index is 0. The number of rotatable bonds is 10. The minimum atomic E-state index is -0.817. The number of nitrogens with one attached hydrogen (secondary N) is 2. The average molecular weight is 564 g/mol. The fourth-order valence-electron chi connectivity index (χ4n) is 4.50. The molecule has 0 saturated heterocycles. The molecule has 9 nitrogen and oxygen atoms in total. The number of halogens is 2. The highest BCUT2D eigenvalue weighted by Gasteiger charge is 2.24. The third kappa shape index (κ3) is 6.76. The highest BCUT2D eigenvalue weighted by molar-refractivity contribution is 7.59. The number of ether oxygens (including phenoxy) is 1. The van der Waals surface area contributed by atoms with Gasteiger partial charge in [0, 0.05) is 32.2 Å². The molecule has 12 heteroatoms. The van der Waals surface area contributed by atoms with Gasteiger partial charge in [-0.05, 0) is 48.9 Å². The Morgan fingerprint density at radius 3 is 2.92 bits per heavy atom. The summed E-state index contributed by atoms with van der Waals surface area (Å²) in [7, 11) is 0. The number of aliphatic hydroxyl groups excluding tert-OH is 1. The van der Waals surface area contributed by atoms with Crippen molar-refractivity contribution in [3.63, 3.8) is 0 Å². The number of hydrogen-bond acceptors (Lipinski definition) is 8. The molecule has 1 aromatic carbocycles. The van der Waals surface area contributed by atoms with Crippen molar-refractivity contribution >= 4 is 36.8 Å². The van der Waals surface area contributed by atoms with Gasteiger partial charge in [0.15, 0.2) is 18.0 Å². The molecule has 3 aromatic rings. The molecule has 3 heterocycles. The maximum Gasteiger partial charge on any atom is 0.254 e. The van der Waals surface area contributed by atoms with Gasteiger partial charge in [0.2, 0.25) is 0 Å². The first-order valence-electron chi connectivity index (χ1n) is 12.4. The number of aliphatic hydroxyl groups is 1. The predicted molar refractivity (Wildman–Crippen MR) is 145 cm³/mol. The zero-order valence-corrected chi connectivity index (χ0v) is 22.5. The van der Waals surface area contributed by atoms with Crippen LogP contribution in [0, 0.1) is 5.82 Å². The maximum absolute atomic E-state index is 14.2. The van der Waals surface area contributed by atoms with Crippen LogP contribution in [0.15, 0.2) is 41.4 Å². The van der Waals surface area contributed by atoms with Crippen LogP contribution in [0.3, 0.4) is 0 Å². The first-order valence-corrected chi connectivity index (χ1v) is 12.7. The number of oxazole rings is 1. The van der Waals surface area contributed by atoms with E-state index in [1.165, 1.54) is 12.5 Å². The van der Waals surface area contributed by atoms with Crippen LogP contribution in [0.25, 0.3) is 0 Å². The predicted octanol–water partition coefficient (Wildman–Crippen LogP) is 3.67. The van der Waals surface area contributed by atoms with Crippen molar-refractivity contribution in [2.24, 2.45) is 0 Å². The molecule has 1 atom stereocenters. The van der Waals surface area contributed by atoms with Crippen LogP contribution in [0.5, 0.6) is 5.75 Å². The Labute approximate surface area is 232 Å². The Hall–Kier alpha value is -2.86. The van der Waals surface area contributed by atoms with Gasteiger partial charge in [-0.3, -0.25) is 9.69 Å². The zero-order valence-electron chi connectivity index (χ0n) is 20.8. The second-order valence-electron chi connectivity index (χ2n) is 9.44. The Kier molecular flexibility index (Phi) is 9.48. The Morgan fingerprint density at radius 1 is 1.34 bits per heavy atom. The molecule has 38 heavy (non-hydrogen) atoms. The summed E-state index contributed by atoms with van der Waals surface area (Å²) < 4.78 is 25.2. The number of aromatic nitrogens is 2. The normalized spacial score (nSPS) is 16.1. The molecular formula is C26H31ClFN5O4S. The second kappa shape index (κ2) is 12.8. The van der Waals surface area contributed by atoms with Gasteiger partial charge in [-0.15, -0.1) is 0 Å². The quantitative estimate of drug-likeness (QED) is 0.342. The van der Waals surface area contributed by atoms with E-state index in [-0.39, 0.29) is 32.2 Å². The van der Waals surface area contributed by atoms with Gasteiger partial charge in [0.25, 0.3) is 5.91 Å². The summed E-state index contributed by atoms with van der Waals surface area (Å²) in [6, 6.07) is 5.54. The number of carbonyl (C=O) groups excluding carboxylic acids is 1. The number of amides is 1. The number of nitrogens with zero attached hydrogens (tertiary/aromatic N) is 3. The van der Waals surface area contributed by atoms with Crippen molar-refractivity contribution < 1.29 is 23.4 Å². The largest absolute Gasteiger partial charge is 0.484 e. The van der Waals surface area contributed by atoms with E-state index in [9.17, 15) is 14.3 Å². The summed E-state index contributed by atoms with van der Waals surface area (Å²) in [5.74, 6) is 0.402. The molecule has 0 bridgehead atoms. The monoisotopic (exact) mass is 563 g/mol. The Bertz CT molecular complexity index is 1240. The number of fused-ring (bicyclic) bond motifs is 1. The Morgan fingerprint density at radius 2 is 2.18 bits per heavy atom. The zero-order chi connectivity index (χ0) is 25.8. The van der Waals surface area contributed by atoms with E-state index in [0.717, 1.165) is 36.6 Å². The summed E-state index contributed by atoms with van der Waals surface area (Å²) in [5.41, 5.74) is 1.99. The minimum Gasteiger partial charge on any atom is -0.484 e. The van der Waals surface area contributed by atoms with Crippen LogP contribution in [0.4, 0.5) is 10.2 Å². The van der Waals surface area contributed by atoms with Crippen LogP contribution < -0.4 is 15.4 Å². The number of carbonyl (C=O) groups is 1. The van der Waals surface area contributed by atoms with Crippen molar-refractivity contribution in [3.8, 4) is 5.75 Å². The topological polar surface area (TPSA) is 113 Å². The van der Waals surface area contributed by atoms with Gasteiger partial charge >= 0.3 is 0 Å². The molecule has 3 N–H and O–H groups in total. The molecule has 1 aliphatic carbocycles. The summed E-state index contributed by atoms with van der Waals surface area (Å²) in [5, 5.41) is 17.0. The van der Waals surface area contributed by atoms with Crippen LogP contribution in [-0.2, 0) is 19.6 Å². The maximum atomic E-state index is 14.2. The molecule has 1 saturated carbocycles. The number of pyridine rings is 1. The lowest BCUT2D eigenvalue weighted by atomic mass is 9.93. The molecule has 204 valence electrons. The molecule has 1 aliphatic heterocycles. The number of anilines is 1. The number of β-amino-alcohol motifs (C(OH)–C–C–N with tert-alkyl or cyclic N) is 1. The first-order chi connectivity index (χ1) is 18.0. The fraction of sp³-hybridized carbons (Fsp3) is 0.423. The second-order valence-corrected chi connectivity index (χ2v) is 9.82. The summed E-state index contributed by atoms with van der Waals surface area (Å²) >= 11 is 6.60. The molecule has 1 fully saturated rings. The van der Waals surface area contributed by atoms with Gasteiger partial charge in [0.05, 0.1) is 29.1 Å². The summed E-state index contributed by atoms with van der Waals surface area (Å²) in [6.07, 6.45) is 7.11. The van der Waals surface area contributed by atoms with E-state index in [4.69, 9.17) is 20.8 Å². The van der Waals surface area contributed by atoms with Gasteiger partial charge in [0.1, 0.15) is 18.2 Å². The standard InChI is InChI=1S/C26H29ClFN5O4.H2S/c27-25-20-6-7-33(12-16(20)4-5-23(25)36-14-19-10-29-15-37-19)13-18(34)9-31-26(35)21-8-24(30-11-22(21)28)32-17-2-1-3-17;/h4-5,8,10-11,15,17-18,34H,1-3,6-7,9,12-14H2,(H,30,32)(H,31,35);1H2/t18-;/m0./s1. The highest BCUT2D eigenvalue weighted by atomic mass is 35.5. The average Bonchev–Trinajstić information content (AvgIpc) is 3.39. The van der Waals surface area contributed by atoms with E-state index in [0.29, 0.717) is 54.4 Å². The van der Waals surface area contributed by atoms with Gasteiger partial charge < -0.3 is 24.9 Å². The SMILES string of the molecule is O=C(NC[C@H](O)CN1CCc2c(ccc(OCc3cnco3)c2Cl)C1)c1cc(NC2CCC2)ncc1F.S. The third-order valence-corrected chi connectivity index (χ3v) is 7.17. The van der Waals surface area contributed by atoms with Crippen molar-refractivity contribution in [3.05, 3.63) is 70.3 Å². The van der Waals surface area contributed by atoms with Crippen molar-refractivity contribution in [1.29, 1.82) is 0 Å². The van der Waals surface area contributed by atoms with Crippen LogP contribution in [0.1, 0.15) is 46.5 Å². The molecule has 1 amide bonds. The summed E-state index contributed by atoms with van der Waals surface area (Å²) in [4.78, 5) is 22.6. The van der Waals surface area contributed by atoms with E-state index >= 15 is 0 Å². The van der Waals surface area contributed by atoms with E-state index in [1.54, 1.807) is 6.20 Å². The molecule has 2 aromatic heterocycles. The molecular weight excluding hydrogens is 533 g/mol. The van der Waals surface area contributed by atoms with Gasteiger partial charge in [-0.2, -0.15) is 13.5 Å². The summed E-state index contributed by atoms with van der Waals surface area (Å²) in [6.45, 7) is 1.90. The third-order valence-electron chi connectivity index (χ3n) is 6.75. The van der Waals surface area contributed by atoms with Crippen molar-refractivity contribution in [2.75, 3.05) is 25.0 Å². The lowest BCUT2D eigenvalue weighted by Gasteiger charge is -2.31. The number of benzene rings is 1.